The minimum Gasteiger partial charge on any atom is -0.340 e. The summed E-state index contributed by atoms with van der Waals surface area (Å²) in [5.41, 5.74) is 21.6. The zero-order chi connectivity index (χ0) is 53.7. The molecule has 75 heavy (non-hydrogen) atoms. The number of hydrogen-bond acceptors (Lipinski definition) is 4. The normalized spacial score (nSPS) is 11.5. The Morgan fingerprint density at radius 2 is 0.747 bits per heavy atom. The summed E-state index contributed by atoms with van der Waals surface area (Å²) in [5, 5.41) is 18.9. The Labute approximate surface area is 463 Å². The molecule has 6 nitrogen and oxygen atoms in total. The van der Waals surface area contributed by atoms with E-state index >= 15 is 0 Å². The molecule has 8 aromatic rings. The second kappa shape index (κ2) is 24.8. The van der Waals surface area contributed by atoms with Crippen molar-refractivity contribution in [3.05, 3.63) is 190 Å². The van der Waals surface area contributed by atoms with Gasteiger partial charge in [-0.25, -0.2) is 4.98 Å². The van der Waals surface area contributed by atoms with Gasteiger partial charge in [0.05, 0.1) is 29.2 Å². The summed E-state index contributed by atoms with van der Waals surface area (Å²) < 4.78 is 4.42. The van der Waals surface area contributed by atoms with Crippen molar-refractivity contribution in [1.29, 1.82) is 10.5 Å². The quantitative estimate of drug-likeness (QED) is 0.102. The molecule has 0 aliphatic heterocycles. The third-order valence-corrected chi connectivity index (χ3v) is 14.3. The maximum atomic E-state index is 9.46. The summed E-state index contributed by atoms with van der Waals surface area (Å²) in [6.07, 6.45) is 7.80. The van der Waals surface area contributed by atoms with Crippen LogP contribution < -0.4 is 0 Å². The van der Waals surface area contributed by atoms with E-state index in [-0.39, 0.29) is 20.1 Å². The summed E-state index contributed by atoms with van der Waals surface area (Å²) in [4.78, 5) is 9.46. The van der Waals surface area contributed by atoms with Crippen molar-refractivity contribution in [1.82, 2.24) is 19.1 Å². The fourth-order valence-corrected chi connectivity index (χ4v) is 10.5. The van der Waals surface area contributed by atoms with Gasteiger partial charge in [-0.2, -0.15) is 10.5 Å². The molecule has 1 radical (unpaired) electrons. The molecule has 6 aromatic carbocycles. The van der Waals surface area contributed by atoms with Crippen molar-refractivity contribution in [3.8, 4) is 68.5 Å². The van der Waals surface area contributed by atoms with Crippen LogP contribution in [0.5, 0.6) is 0 Å². The van der Waals surface area contributed by atoms with E-state index in [1.54, 1.807) is 12.1 Å². The molecule has 2 aromatic heterocycles. The first-order valence-electron chi connectivity index (χ1n) is 26.9. The number of hydrogen-bond donors (Lipinski definition) is 0. The van der Waals surface area contributed by atoms with Gasteiger partial charge in [0.1, 0.15) is 5.82 Å². The summed E-state index contributed by atoms with van der Waals surface area (Å²) in [6.45, 7) is 36.5. The van der Waals surface area contributed by atoms with Crippen LogP contribution in [0.1, 0.15) is 214 Å². The number of benzene rings is 6. The predicted molar refractivity (Wildman–Crippen MR) is 310 cm³/mol. The molecule has 8 rings (SSSR count). The first-order chi connectivity index (χ1) is 35.3. The van der Waals surface area contributed by atoms with Gasteiger partial charge in [0.15, 0.2) is 0 Å². The molecule has 0 saturated carbocycles. The van der Waals surface area contributed by atoms with Gasteiger partial charge in [0, 0.05) is 56.1 Å². The van der Waals surface area contributed by atoms with E-state index in [1.807, 2.05) is 48.9 Å². The molecular weight excluding hydrogens is 1090 g/mol. The molecule has 0 spiro atoms. The van der Waals surface area contributed by atoms with Crippen molar-refractivity contribution in [2.45, 2.75) is 158 Å². The number of nitriles is 2. The van der Waals surface area contributed by atoms with Crippen LogP contribution in [0.4, 0.5) is 0 Å². The second-order valence-electron chi connectivity index (χ2n) is 22.4. The average molecular weight is 1170 g/mol. The van der Waals surface area contributed by atoms with Gasteiger partial charge in [0.2, 0.25) is 0 Å². The molecular formula is C68H77IrN6-. The molecule has 2 heterocycles. The number of imidazole rings is 2. The van der Waals surface area contributed by atoms with Crippen molar-refractivity contribution < 1.29 is 20.1 Å². The zero-order valence-electron chi connectivity index (χ0n) is 47.3. The van der Waals surface area contributed by atoms with Gasteiger partial charge in [0.25, 0.3) is 0 Å². The number of rotatable bonds is 14. The Kier molecular flexibility index (Phi) is 19.1. The van der Waals surface area contributed by atoms with Crippen molar-refractivity contribution in [3.63, 3.8) is 0 Å². The van der Waals surface area contributed by atoms with E-state index in [0.717, 1.165) is 22.8 Å². The Hall–Kier alpha value is -6.63. The molecule has 0 fully saturated rings. The molecule has 389 valence electrons. The summed E-state index contributed by atoms with van der Waals surface area (Å²) in [6, 6.07) is 44.2. The second-order valence-corrected chi connectivity index (χ2v) is 22.4. The first kappa shape index (κ1) is 57.6. The van der Waals surface area contributed by atoms with E-state index in [1.165, 1.54) is 78.1 Å². The van der Waals surface area contributed by atoms with Crippen LogP contribution >= 0.6 is 0 Å². The maximum absolute atomic E-state index is 9.46. The molecule has 0 unspecified atom stereocenters. The number of aromatic nitrogens is 4. The summed E-state index contributed by atoms with van der Waals surface area (Å²) in [5.74, 6) is 4.67. The fraction of sp³-hybridized carbons (Fsp3) is 0.353. The van der Waals surface area contributed by atoms with Gasteiger partial charge in [-0.3, -0.25) is 9.55 Å². The third-order valence-electron chi connectivity index (χ3n) is 14.3. The zero-order valence-corrected chi connectivity index (χ0v) is 49.7. The maximum Gasteiger partial charge on any atom is 0.144 e. The van der Waals surface area contributed by atoms with E-state index in [2.05, 4.69) is 205 Å². The molecule has 0 aliphatic rings. The molecule has 0 saturated heterocycles. The van der Waals surface area contributed by atoms with Crippen LogP contribution in [0.2, 0.25) is 0 Å². The standard InChI is InChI=1S/C34H39N3.C34H38N3.Ir/c2*1-21(2)28-13-10-14-29(22(3)4)32(28)27-18-30(23(5)6)33(31(19-27)24(7)8)37-16-15-36-34(37)26-12-9-11-25(17-26)20-35;/h9-19,21-24H,1-8H3;9-11,13-19,21-24H,1-8H3;/q;-1;. The van der Waals surface area contributed by atoms with Crippen LogP contribution in [-0.2, 0) is 20.1 Å². The van der Waals surface area contributed by atoms with E-state index < -0.39 is 0 Å². The first-order valence-corrected chi connectivity index (χ1v) is 26.9. The molecule has 7 heteroatoms. The Morgan fingerprint density at radius 1 is 0.400 bits per heavy atom. The molecule has 0 N–H and O–H groups in total. The van der Waals surface area contributed by atoms with Gasteiger partial charge >= 0.3 is 0 Å². The Balaban J connectivity index is 0.000000241. The monoisotopic (exact) mass is 1170 g/mol. The minimum atomic E-state index is 0. The Bertz CT molecular complexity index is 3010. The van der Waals surface area contributed by atoms with E-state index in [9.17, 15) is 10.5 Å². The largest absolute Gasteiger partial charge is 0.340 e. The number of nitrogens with zero attached hydrogens (tertiary/aromatic N) is 6. The van der Waals surface area contributed by atoms with Crippen molar-refractivity contribution in [2.24, 2.45) is 0 Å². The molecule has 0 amide bonds. The van der Waals surface area contributed by atoms with Gasteiger partial charge < -0.3 is 4.57 Å². The van der Waals surface area contributed by atoms with Crippen LogP contribution in [0, 0.1) is 28.7 Å². The fourth-order valence-electron chi connectivity index (χ4n) is 10.5. The van der Waals surface area contributed by atoms with E-state index in [4.69, 9.17) is 9.97 Å². The van der Waals surface area contributed by atoms with Crippen LogP contribution in [0.15, 0.2) is 128 Å². The minimum absolute atomic E-state index is 0. The summed E-state index contributed by atoms with van der Waals surface area (Å²) in [7, 11) is 0. The van der Waals surface area contributed by atoms with Crippen molar-refractivity contribution >= 4 is 0 Å². The van der Waals surface area contributed by atoms with Gasteiger partial charge in [-0.1, -0.05) is 159 Å². The van der Waals surface area contributed by atoms with Crippen LogP contribution in [0.25, 0.3) is 56.4 Å². The molecule has 0 aliphatic carbocycles. The smallest absolute Gasteiger partial charge is 0.144 e. The Morgan fingerprint density at radius 3 is 1.12 bits per heavy atom. The van der Waals surface area contributed by atoms with E-state index in [0.29, 0.717) is 58.5 Å². The summed E-state index contributed by atoms with van der Waals surface area (Å²) >= 11 is 0. The van der Waals surface area contributed by atoms with Crippen LogP contribution in [0.3, 0.4) is 0 Å². The third kappa shape index (κ3) is 12.2. The van der Waals surface area contributed by atoms with Gasteiger partial charge in [-0.05, 0) is 156 Å². The van der Waals surface area contributed by atoms with Gasteiger partial charge in [-0.15, -0.1) is 29.8 Å². The molecule has 0 bridgehead atoms. The average Bonchev–Trinajstić information content (AvgIpc) is 4.08. The van der Waals surface area contributed by atoms with Crippen molar-refractivity contribution in [2.75, 3.05) is 0 Å². The predicted octanol–water partition coefficient (Wildman–Crippen LogP) is 18.9. The topological polar surface area (TPSA) is 83.2 Å². The molecule has 0 atom stereocenters. The van der Waals surface area contributed by atoms with Crippen LogP contribution in [-0.4, -0.2) is 19.1 Å². The SMILES string of the molecule is CC(C)c1cccc(C(C)C)c1-c1cc(C(C)C)c(-n2ccnc2-c2[c-]ccc(C#N)c2)c(C(C)C)c1.CC(C)c1cccc(C(C)C)c1-c1cc(C(C)C)c(-n2ccnc2-c2cccc(C#N)c2)c(C(C)C)c1.[Ir].